The summed E-state index contributed by atoms with van der Waals surface area (Å²) in [4.78, 5) is 5.40. The van der Waals surface area contributed by atoms with E-state index in [4.69, 9.17) is 0 Å². The fraction of sp³-hybridized carbons (Fsp3) is 0.267. The third kappa shape index (κ3) is 3.07. The zero-order valence-electron chi connectivity index (χ0n) is 11.2. The molecule has 0 radical (unpaired) electrons. The molecule has 104 valence electrons. The van der Waals surface area contributed by atoms with E-state index in [1.807, 2.05) is 24.4 Å². The number of aromatic nitrogens is 1. The first kappa shape index (κ1) is 13.7. The Balaban J connectivity index is 1.59. The van der Waals surface area contributed by atoms with Gasteiger partial charge in [0.1, 0.15) is 11.1 Å². The molecule has 0 spiro atoms. The van der Waals surface area contributed by atoms with Gasteiger partial charge in [0.05, 0.1) is 0 Å². The minimum atomic E-state index is -0.464. The Morgan fingerprint density at radius 3 is 2.95 bits per heavy atom. The molecule has 3 aromatic rings. The van der Waals surface area contributed by atoms with Crippen molar-refractivity contribution < 1.29 is 5.11 Å². The van der Waals surface area contributed by atoms with E-state index in [0.717, 1.165) is 15.6 Å². The minimum Gasteiger partial charge on any atom is -0.386 e. The molecule has 5 heteroatoms. The lowest BCUT2D eigenvalue weighted by atomic mass is 10.2. The van der Waals surface area contributed by atoms with Gasteiger partial charge in [0.15, 0.2) is 0 Å². The number of aliphatic hydroxyl groups is 1. The highest BCUT2D eigenvalue weighted by Gasteiger charge is 2.11. The first-order valence-electron chi connectivity index (χ1n) is 6.50. The van der Waals surface area contributed by atoms with Crippen LogP contribution in [-0.4, -0.2) is 16.6 Å². The molecule has 2 N–H and O–H groups in total. The van der Waals surface area contributed by atoms with E-state index in [2.05, 4.69) is 28.5 Å². The zero-order valence-corrected chi connectivity index (χ0v) is 12.8. The number of thiazole rings is 1. The minimum absolute atomic E-state index is 0.464. The van der Waals surface area contributed by atoms with Crippen molar-refractivity contribution in [1.29, 1.82) is 0 Å². The van der Waals surface area contributed by atoms with Crippen molar-refractivity contribution in [3.8, 4) is 0 Å². The number of thiophene rings is 1. The quantitative estimate of drug-likeness (QED) is 0.758. The van der Waals surface area contributed by atoms with Crippen molar-refractivity contribution in [1.82, 2.24) is 10.3 Å². The monoisotopic (exact) mass is 304 g/mol. The number of hydrogen-bond donors (Lipinski definition) is 2. The number of nitrogens with one attached hydrogen (secondary N) is 1. The van der Waals surface area contributed by atoms with Crippen LogP contribution in [0.4, 0.5) is 0 Å². The van der Waals surface area contributed by atoms with E-state index < -0.39 is 6.10 Å². The van der Waals surface area contributed by atoms with Gasteiger partial charge < -0.3 is 10.4 Å². The molecule has 1 unspecified atom stereocenters. The van der Waals surface area contributed by atoms with Crippen LogP contribution in [0.1, 0.15) is 21.7 Å². The second-order valence-electron chi connectivity index (χ2n) is 4.72. The Hall–Kier alpha value is -1.27. The molecular formula is C15H16N2OS2. The van der Waals surface area contributed by atoms with Gasteiger partial charge in [-0.25, -0.2) is 4.98 Å². The summed E-state index contributed by atoms with van der Waals surface area (Å²) in [6.07, 6.45) is -0.464. The molecule has 0 amide bonds. The average molecular weight is 304 g/mol. The summed E-state index contributed by atoms with van der Waals surface area (Å²) in [5.41, 5.74) is 1.05. The summed E-state index contributed by atoms with van der Waals surface area (Å²) >= 11 is 3.30. The average Bonchev–Trinajstić information content (AvgIpc) is 3.04. The number of fused-ring (bicyclic) bond motifs is 1. The van der Waals surface area contributed by atoms with Gasteiger partial charge in [0.25, 0.3) is 0 Å². The molecule has 20 heavy (non-hydrogen) atoms. The van der Waals surface area contributed by atoms with Gasteiger partial charge in [0, 0.05) is 33.7 Å². The van der Waals surface area contributed by atoms with E-state index in [1.165, 1.54) is 10.1 Å². The van der Waals surface area contributed by atoms with E-state index in [9.17, 15) is 5.11 Å². The summed E-state index contributed by atoms with van der Waals surface area (Å²) in [6.45, 7) is 3.25. The Morgan fingerprint density at radius 1 is 1.35 bits per heavy atom. The molecule has 0 aliphatic heterocycles. The number of nitrogens with zero attached hydrogens (tertiary/aromatic N) is 1. The van der Waals surface area contributed by atoms with Crippen molar-refractivity contribution >= 4 is 32.8 Å². The summed E-state index contributed by atoms with van der Waals surface area (Å²) in [7, 11) is 0. The zero-order chi connectivity index (χ0) is 13.9. The molecule has 0 saturated carbocycles. The molecule has 0 fully saturated rings. The molecule has 2 heterocycles. The SMILES string of the molecule is Cc1csc(CNCC(O)c2cc3ccccc3s2)n1. The molecule has 0 bridgehead atoms. The topological polar surface area (TPSA) is 45.1 Å². The Bertz CT molecular complexity index is 672. The van der Waals surface area contributed by atoms with Crippen molar-refractivity contribution in [2.75, 3.05) is 6.54 Å². The number of benzene rings is 1. The molecule has 2 aromatic heterocycles. The number of aryl methyl sites for hydroxylation is 1. The van der Waals surface area contributed by atoms with Crippen molar-refractivity contribution in [3.63, 3.8) is 0 Å². The van der Waals surface area contributed by atoms with Crippen LogP contribution in [0.3, 0.4) is 0 Å². The van der Waals surface area contributed by atoms with Crippen molar-refractivity contribution in [2.45, 2.75) is 19.6 Å². The molecular weight excluding hydrogens is 288 g/mol. The maximum Gasteiger partial charge on any atom is 0.107 e. The first-order chi connectivity index (χ1) is 9.72. The van der Waals surface area contributed by atoms with E-state index in [0.29, 0.717) is 13.1 Å². The molecule has 0 aliphatic rings. The molecule has 0 aliphatic carbocycles. The van der Waals surface area contributed by atoms with Crippen LogP contribution >= 0.6 is 22.7 Å². The largest absolute Gasteiger partial charge is 0.386 e. The summed E-state index contributed by atoms with van der Waals surface area (Å²) in [5, 5.41) is 17.8. The molecule has 3 nitrogen and oxygen atoms in total. The number of rotatable bonds is 5. The third-order valence-electron chi connectivity index (χ3n) is 3.05. The van der Waals surface area contributed by atoms with Gasteiger partial charge in [-0.2, -0.15) is 0 Å². The van der Waals surface area contributed by atoms with Gasteiger partial charge in [-0.3, -0.25) is 0 Å². The predicted octanol–water partition coefficient (Wildman–Crippen LogP) is 3.49. The lowest BCUT2D eigenvalue weighted by Gasteiger charge is -2.08. The smallest absolute Gasteiger partial charge is 0.107 e. The second kappa shape index (κ2) is 6.01. The first-order valence-corrected chi connectivity index (χ1v) is 8.20. The molecule has 0 saturated heterocycles. The Kier molecular flexibility index (Phi) is 4.12. The Morgan fingerprint density at radius 2 is 2.20 bits per heavy atom. The van der Waals surface area contributed by atoms with Crippen LogP contribution in [0.25, 0.3) is 10.1 Å². The molecule has 1 aromatic carbocycles. The van der Waals surface area contributed by atoms with Crippen LogP contribution in [0.2, 0.25) is 0 Å². The van der Waals surface area contributed by atoms with E-state index in [1.54, 1.807) is 22.7 Å². The fourth-order valence-corrected chi connectivity index (χ4v) is 3.86. The van der Waals surface area contributed by atoms with Gasteiger partial charge in [-0.05, 0) is 24.4 Å². The summed E-state index contributed by atoms with van der Waals surface area (Å²) in [5.74, 6) is 0. The third-order valence-corrected chi connectivity index (χ3v) is 5.24. The van der Waals surface area contributed by atoms with Gasteiger partial charge >= 0.3 is 0 Å². The summed E-state index contributed by atoms with van der Waals surface area (Å²) < 4.78 is 1.22. The molecule has 3 rings (SSSR count). The van der Waals surface area contributed by atoms with Crippen LogP contribution in [-0.2, 0) is 6.54 Å². The van der Waals surface area contributed by atoms with Gasteiger partial charge in [-0.1, -0.05) is 18.2 Å². The lowest BCUT2D eigenvalue weighted by molar-refractivity contribution is 0.178. The van der Waals surface area contributed by atoms with Crippen LogP contribution in [0.15, 0.2) is 35.7 Å². The maximum absolute atomic E-state index is 10.2. The summed E-state index contributed by atoms with van der Waals surface area (Å²) in [6, 6.07) is 10.3. The van der Waals surface area contributed by atoms with E-state index >= 15 is 0 Å². The number of aliphatic hydroxyl groups excluding tert-OH is 1. The highest BCUT2D eigenvalue weighted by atomic mass is 32.1. The van der Waals surface area contributed by atoms with Crippen molar-refractivity contribution in [3.05, 3.63) is 51.3 Å². The van der Waals surface area contributed by atoms with E-state index in [-0.39, 0.29) is 0 Å². The predicted molar refractivity (Wildman–Crippen MR) is 85.3 cm³/mol. The van der Waals surface area contributed by atoms with Crippen LogP contribution in [0.5, 0.6) is 0 Å². The van der Waals surface area contributed by atoms with Gasteiger partial charge in [-0.15, -0.1) is 22.7 Å². The maximum atomic E-state index is 10.2. The number of hydrogen-bond acceptors (Lipinski definition) is 5. The Labute approximate surface area is 125 Å². The fourth-order valence-electron chi connectivity index (χ4n) is 2.07. The molecule has 1 atom stereocenters. The normalized spacial score (nSPS) is 12.9. The standard InChI is InChI=1S/C15H16N2OS2/c1-10-9-19-15(17-10)8-16-7-12(18)14-6-11-4-2-3-5-13(11)20-14/h2-6,9,12,16,18H,7-8H2,1H3. The second-order valence-corrected chi connectivity index (χ2v) is 6.77. The van der Waals surface area contributed by atoms with Crippen LogP contribution in [0, 0.1) is 6.92 Å². The van der Waals surface area contributed by atoms with Crippen LogP contribution < -0.4 is 5.32 Å². The highest BCUT2D eigenvalue weighted by molar-refractivity contribution is 7.19. The lowest BCUT2D eigenvalue weighted by Crippen LogP contribution is -2.20. The highest BCUT2D eigenvalue weighted by Crippen LogP contribution is 2.29. The van der Waals surface area contributed by atoms with Gasteiger partial charge in [0.2, 0.25) is 0 Å². The van der Waals surface area contributed by atoms with Crippen molar-refractivity contribution in [2.24, 2.45) is 0 Å².